The third kappa shape index (κ3) is 2.58. The van der Waals surface area contributed by atoms with Crippen LogP contribution in [0.4, 0.5) is 0 Å². The van der Waals surface area contributed by atoms with Crippen LogP contribution in [0.15, 0.2) is 12.3 Å². The van der Waals surface area contributed by atoms with E-state index in [-0.39, 0.29) is 6.04 Å². The number of hydrogen-bond donors (Lipinski definition) is 2. The van der Waals surface area contributed by atoms with Crippen molar-refractivity contribution in [3.8, 4) is 0 Å². The van der Waals surface area contributed by atoms with Gasteiger partial charge < -0.3 is 5.11 Å². The number of carboxylic acids is 1. The highest BCUT2D eigenvalue weighted by molar-refractivity contribution is 5.72. The van der Waals surface area contributed by atoms with Gasteiger partial charge in [-0.1, -0.05) is 0 Å². The van der Waals surface area contributed by atoms with E-state index >= 15 is 0 Å². The molecule has 0 aliphatic heterocycles. The molecular weight excluding hydrogens is 244 g/mol. The minimum Gasteiger partial charge on any atom is -0.480 e. The van der Waals surface area contributed by atoms with Crippen molar-refractivity contribution in [2.75, 3.05) is 0 Å². The number of hydrogen-bond acceptors (Lipinski definition) is 4. The van der Waals surface area contributed by atoms with Gasteiger partial charge in [0.15, 0.2) is 5.65 Å². The second kappa shape index (κ2) is 4.97. The molecule has 19 heavy (non-hydrogen) atoms. The van der Waals surface area contributed by atoms with Crippen molar-refractivity contribution in [3.05, 3.63) is 29.2 Å². The topological polar surface area (TPSA) is 79.5 Å². The third-order valence-electron chi connectivity index (χ3n) is 3.22. The van der Waals surface area contributed by atoms with E-state index in [1.54, 1.807) is 17.6 Å². The number of carbonyl (C=O) groups is 1. The molecule has 2 rings (SSSR count). The van der Waals surface area contributed by atoms with Gasteiger partial charge >= 0.3 is 5.97 Å². The van der Waals surface area contributed by atoms with E-state index < -0.39 is 12.0 Å². The largest absolute Gasteiger partial charge is 0.480 e. The maximum absolute atomic E-state index is 10.9. The van der Waals surface area contributed by atoms with E-state index in [1.807, 2.05) is 26.8 Å². The Hall–Kier alpha value is -1.95. The van der Waals surface area contributed by atoms with Gasteiger partial charge in [0, 0.05) is 29.6 Å². The molecule has 0 saturated carbocycles. The monoisotopic (exact) mass is 262 g/mol. The molecule has 2 atom stereocenters. The molecule has 0 amide bonds. The zero-order chi connectivity index (χ0) is 14.2. The van der Waals surface area contributed by atoms with Gasteiger partial charge in [0.05, 0.1) is 5.69 Å². The number of rotatable bonds is 4. The van der Waals surface area contributed by atoms with Crippen molar-refractivity contribution in [2.45, 2.75) is 39.8 Å². The molecule has 6 heteroatoms. The fourth-order valence-electron chi connectivity index (χ4n) is 2.14. The molecule has 2 aromatic rings. The third-order valence-corrected chi connectivity index (χ3v) is 3.22. The van der Waals surface area contributed by atoms with Crippen molar-refractivity contribution in [3.63, 3.8) is 0 Å². The number of fused-ring (bicyclic) bond motifs is 1. The van der Waals surface area contributed by atoms with Gasteiger partial charge in [-0.25, -0.2) is 9.50 Å². The lowest BCUT2D eigenvalue weighted by Gasteiger charge is -2.19. The van der Waals surface area contributed by atoms with Gasteiger partial charge in [-0.05, 0) is 27.7 Å². The van der Waals surface area contributed by atoms with Gasteiger partial charge in [0.25, 0.3) is 0 Å². The summed E-state index contributed by atoms with van der Waals surface area (Å²) in [5.41, 5.74) is 3.63. The van der Waals surface area contributed by atoms with Gasteiger partial charge in [-0.3, -0.25) is 10.1 Å². The van der Waals surface area contributed by atoms with E-state index in [0.29, 0.717) is 0 Å². The molecule has 2 aromatic heterocycles. The molecule has 2 N–H and O–H groups in total. The zero-order valence-corrected chi connectivity index (χ0v) is 11.5. The summed E-state index contributed by atoms with van der Waals surface area (Å²) in [6.45, 7) is 7.42. The molecule has 0 aliphatic carbocycles. The van der Waals surface area contributed by atoms with Crippen molar-refractivity contribution in [2.24, 2.45) is 0 Å². The van der Waals surface area contributed by atoms with Crippen molar-refractivity contribution in [1.82, 2.24) is 19.9 Å². The second-order valence-electron chi connectivity index (χ2n) is 4.80. The number of nitrogens with zero attached hydrogens (tertiary/aromatic N) is 3. The van der Waals surface area contributed by atoms with Crippen LogP contribution in [0, 0.1) is 13.8 Å². The predicted molar refractivity (Wildman–Crippen MR) is 71.1 cm³/mol. The molecule has 0 spiro atoms. The normalized spacial score (nSPS) is 14.5. The van der Waals surface area contributed by atoms with Crippen LogP contribution in [0.3, 0.4) is 0 Å². The first-order chi connectivity index (χ1) is 8.90. The minimum atomic E-state index is -0.867. The van der Waals surface area contributed by atoms with E-state index in [4.69, 9.17) is 5.11 Å². The average molecular weight is 262 g/mol. The number of carboxylic acid groups (broad SMARTS) is 1. The van der Waals surface area contributed by atoms with E-state index in [2.05, 4.69) is 15.4 Å². The zero-order valence-electron chi connectivity index (χ0n) is 11.5. The summed E-state index contributed by atoms with van der Waals surface area (Å²) < 4.78 is 1.79. The highest BCUT2D eigenvalue weighted by Crippen LogP contribution is 2.18. The lowest BCUT2D eigenvalue weighted by molar-refractivity contribution is -0.139. The Bertz CT molecular complexity index is 620. The van der Waals surface area contributed by atoms with Gasteiger partial charge in [0.1, 0.15) is 6.04 Å². The predicted octanol–water partition coefficient (Wildman–Crippen LogP) is 1.47. The lowest BCUT2D eigenvalue weighted by atomic mass is 10.1. The summed E-state index contributed by atoms with van der Waals surface area (Å²) in [7, 11) is 0. The van der Waals surface area contributed by atoms with Crippen LogP contribution >= 0.6 is 0 Å². The van der Waals surface area contributed by atoms with E-state index in [0.717, 1.165) is 22.6 Å². The van der Waals surface area contributed by atoms with Gasteiger partial charge in [-0.15, -0.1) is 0 Å². The average Bonchev–Trinajstić information content (AvgIpc) is 2.70. The summed E-state index contributed by atoms with van der Waals surface area (Å²) in [6.07, 6.45) is 1.78. The fraction of sp³-hybridized carbons (Fsp3) is 0.462. The molecule has 0 fully saturated rings. The molecule has 0 bridgehead atoms. The van der Waals surface area contributed by atoms with Crippen LogP contribution in [0.5, 0.6) is 0 Å². The summed E-state index contributed by atoms with van der Waals surface area (Å²) in [4.78, 5) is 15.2. The number of aliphatic carboxylic acids is 1. The Morgan fingerprint density at radius 1 is 1.42 bits per heavy atom. The van der Waals surface area contributed by atoms with Crippen molar-refractivity contribution in [1.29, 1.82) is 0 Å². The molecule has 0 saturated heterocycles. The Morgan fingerprint density at radius 3 is 2.74 bits per heavy atom. The fourth-order valence-corrected chi connectivity index (χ4v) is 2.14. The Balaban J connectivity index is 2.34. The van der Waals surface area contributed by atoms with Crippen LogP contribution in [0.2, 0.25) is 0 Å². The Labute approximate surface area is 111 Å². The van der Waals surface area contributed by atoms with E-state index in [1.165, 1.54) is 0 Å². The van der Waals surface area contributed by atoms with Gasteiger partial charge in [0.2, 0.25) is 0 Å². The molecule has 0 aliphatic rings. The molecule has 2 heterocycles. The maximum atomic E-state index is 10.9. The molecule has 6 nitrogen and oxygen atoms in total. The van der Waals surface area contributed by atoms with Crippen molar-refractivity contribution < 1.29 is 9.90 Å². The molecule has 0 aromatic carbocycles. The lowest BCUT2D eigenvalue weighted by Crippen LogP contribution is -2.36. The number of aryl methyl sites for hydroxylation is 2. The Morgan fingerprint density at radius 2 is 2.11 bits per heavy atom. The highest BCUT2D eigenvalue weighted by Gasteiger charge is 2.18. The van der Waals surface area contributed by atoms with Gasteiger partial charge in [-0.2, -0.15) is 5.10 Å². The Kier molecular flexibility index (Phi) is 3.53. The van der Waals surface area contributed by atoms with Crippen LogP contribution in [-0.4, -0.2) is 31.7 Å². The molecule has 0 radical (unpaired) electrons. The number of aromatic nitrogens is 3. The number of nitrogens with one attached hydrogen (secondary N) is 1. The van der Waals surface area contributed by atoms with Crippen LogP contribution in [0.1, 0.15) is 36.8 Å². The van der Waals surface area contributed by atoms with Crippen LogP contribution in [-0.2, 0) is 4.79 Å². The van der Waals surface area contributed by atoms with Crippen molar-refractivity contribution >= 4 is 11.6 Å². The molecular formula is C13H18N4O2. The summed E-state index contributed by atoms with van der Waals surface area (Å²) in [6, 6.07) is 1.20. The SMILES string of the molecule is Cc1cc2ncc(C(C)NC(C)C(=O)O)c(C)n2n1. The second-order valence-corrected chi connectivity index (χ2v) is 4.80. The van der Waals surface area contributed by atoms with E-state index in [9.17, 15) is 4.79 Å². The smallest absolute Gasteiger partial charge is 0.320 e. The molecule has 2 unspecified atom stereocenters. The first-order valence-electron chi connectivity index (χ1n) is 6.21. The minimum absolute atomic E-state index is 0.104. The maximum Gasteiger partial charge on any atom is 0.320 e. The quantitative estimate of drug-likeness (QED) is 0.872. The van der Waals surface area contributed by atoms with Crippen LogP contribution < -0.4 is 5.32 Å². The first kappa shape index (κ1) is 13.5. The standard InChI is InChI=1S/C13H18N4O2/c1-7-5-12-14-6-11(10(4)17(12)16-7)8(2)15-9(3)13(18)19/h5-6,8-9,15H,1-4H3,(H,18,19). The summed E-state index contributed by atoms with van der Waals surface area (Å²) in [5.74, 6) is -0.867. The molecule has 102 valence electrons. The first-order valence-corrected chi connectivity index (χ1v) is 6.21. The van der Waals surface area contributed by atoms with Crippen LogP contribution in [0.25, 0.3) is 5.65 Å². The summed E-state index contributed by atoms with van der Waals surface area (Å²) >= 11 is 0. The summed E-state index contributed by atoms with van der Waals surface area (Å²) in [5, 5.41) is 16.3. The highest BCUT2D eigenvalue weighted by atomic mass is 16.4.